The fourth-order valence-corrected chi connectivity index (χ4v) is 3.94. The molecule has 108 valence electrons. The highest BCUT2D eigenvalue weighted by atomic mass is 15.1. The highest BCUT2D eigenvalue weighted by Gasteiger charge is 2.35. The molecular formula is C17H30N2. The van der Waals surface area contributed by atoms with Gasteiger partial charge >= 0.3 is 0 Å². The molecule has 3 rings (SSSR count). The summed E-state index contributed by atoms with van der Waals surface area (Å²) in [7, 11) is 0. The van der Waals surface area contributed by atoms with Crippen LogP contribution in [-0.2, 0) is 0 Å². The number of hydrogen-bond acceptors (Lipinski definition) is 2. The normalized spacial score (nSPS) is 27.6. The van der Waals surface area contributed by atoms with Gasteiger partial charge in [0, 0.05) is 19.1 Å². The van der Waals surface area contributed by atoms with E-state index in [0.717, 1.165) is 24.5 Å². The Morgan fingerprint density at radius 1 is 1.05 bits per heavy atom. The molecule has 1 heterocycles. The molecule has 2 aliphatic carbocycles. The highest BCUT2D eigenvalue weighted by Crippen LogP contribution is 2.44. The van der Waals surface area contributed by atoms with Gasteiger partial charge in [-0.25, -0.2) is 0 Å². The molecule has 0 bridgehead atoms. The lowest BCUT2D eigenvalue weighted by Gasteiger charge is -2.44. The summed E-state index contributed by atoms with van der Waals surface area (Å²) in [5, 5.41) is 3.58. The summed E-state index contributed by atoms with van der Waals surface area (Å²) in [6.07, 6.45) is 13.1. The van der Waals surface area contributed by atoms with Gasteiger partial charge in [0.05, 0.1) is 0 Å². The van der Waals surface area contributed by atoms with Gasteiger partial charge in [-0.3, -0.25) is 4.90 Å². The lowest BCUT2D eigenvalue weighted by molar-refractivity contribution is 0.0723. The molecule has 0 atom stereocenters. The van der Waals surface area contributed by atoms with Gasteiger partial charge in [0.25, 0.3) is 0 Å². The number of nitrogens with zero attached hydrogens (tertiary/aromatic N) is 1. The van der Waals surface area contributed by atoms with Gasteiger partial charge in [0.1, 0.15) is 0 Å². The smallest absolute Gasteiger partial charge is 0.0202 e. The summed E-state index contributed by atoms with van der Waals surface area (Å²) < 4.78 is 0. The molecule has 2 saturated carbocycles. The third-order valence-corrected chi connectivity index (χ3v) is 5.50. The molecule has 0 aromatic heterocycles. The van der Waals surface area contributed by atoms with Crippen LogP contribution in [0.15, 0.2) is 12.2 Å². The van der Waals surface area contributed by atoms with Crippen LogP contribution < -0.4 is 5.32 Å². The van der Waals surface area contributed by atoms with Crippen molar-refractivity contribution in [2.24, 2.45) is 5.41 Å². The van der Waals surface area contributed by atoms with Crippen molar-refractivity contribution < 1.29 is 0 Å². The molecule has 2 nitrogen and oxygen atoms in total. The standard InChI is InChI=1S/C17H30N2/c1-15(13-18-16-5-6-16)14-19-11-9-17(10-12-19)7-3-2-4-8-17/h16,18H,1-14H2. The monoisotopic (exact) mass is 262 g/mol. The van der Waals surface area contributed by atoms with Crippen molar-refractivity contribution in [2.75, 3.05) is 26.2 Å². The number of piperidine rings is 1. The van der Waals surface area contributed by atoms with Crippen molar-refractivity contribution >= 4 is 0 Å². The summed E-state index contributed by atoms with van der Waals surface area (Å²) in [6.45, 7) is 9.02. The average molecular weight is 262 g/mol. The van der Waals surface area contributed by atoms with E-state index in [-0.39, 0.29) is 0 Å². The van der Waals surface area contributed by atoms with Crippen LogP contribution in [0.3, 0.4) is 0 Å². The topological polar surface area (TPSA) is 15.3 Å². The largest absolute Gasteiger partial charge is 0.310 e. The summed E-state index contributed by atoms with van der Waals surface area (Å²) in [6, 6.07) is 0.809. The van der Waals surface area contributed by atoms with E-state index in [9.17, 15) is 0 Å². The summed E-state index contributed by atoms with van der Waals surface area (Å²) in [5.41, 5.74) is 2.12. The molecule has 19 heavy (non-hydrogen) atoms. The van der Waals surface area contributed by atoms with E-state index in [0.29, 0.717) is 0 Å². The van der Waals surface area contributed by atoms with E-state index in [1.165, 1.54) is 76.5 Å². The molecule has 0 aromatic rings. The molecular weight excluding hydrogens is 232 g/mol. The quantitative estimate of drug-likeness (QED) is 0.765. The third-order valence-electron chi connectivity index (χ3n) is 5.50. The van der Waals surface area contributed by atoms with Gasteiger partial charge in [0.15, 0.2) is 0 Å². The Labute approximate surface area is 118 Å². The molecule has 1 N–H and O–H groups in total. The van der Waals surface area contributed by atoms with Crippen molar-refractivity contribution in [1.82, 2.24) is 10.2 Å². The number of nitrogens with one attached hydrogen (secondary N) is 1. The Kier molecular flexibility index (Phi) is 4.28. The molecule has 2 heteroatoms. The van der Waals surface area contributed by atoms with Crippen LogP contribution in [0.5, 0.6) is 0 Å². The van der Waals surface area contributed by atoms with E-state index in [1.54, 1.807) is 0 Å². The van der Waals surface area contributed by atoms with Gasteiger partial charge < -0.3 is 5.32 Å². The SMILES string of the molecule is C=C(CNC1CC1)CN1CCC2(CCCCC2)CC1. The molecule has 0 aromatic carbocycles. The maximum absolute atomic E-state index is 4.25. The number of likely N-dealkylation sites (tertiary alicyclic amines) is 1. The summed E-state index contributed by atoms with van der Waals surface area (Å²) >= 11 is 0. The van der Waals surface area contributed by atoms with Crippen molar-refractivity contribution in [3.63, 3.8) is 0 Å². The first-order valence-electron chi connectivity index (χ1n) is 8.38. The van der Waals surface area contributed by atoms with Crippen LogP contribution >= 0.6 is 0 Å². The van der Waals surface area contributed by atoms with Crippen molar-refractivity contribution in [3.05, 3.63) is 12.2 Å². The average Bonchev–Trinajstić information content (AvgIpc) is 3.25. The van der Waals surface area contributed by atoms with E-state index < -0.39 is 0 Å². The highest BCUT2D eigenvalue weighted by molar-refractivity contribution is 5.03. The fraction of sp³-hybridized carbons (Fsp3) is 0.882. The fourth-order valence-electron chi connectivity index (χ4n) is 3.94. The number of hydrogen-bond donors (Lipinski definition) is 1. The molecule has 0 unspecified atom stereocenters. The van der Waals surface area contributed by atoms with Crippen LogP contribution in [-0.4, -0.2) is 37.1 Å². The van der Waals surface area contributed by atoms with Crippen molar-refractivity contribution in [2.45, 2.75) is 63.8 Å². The number of rotatable bonds is 5. The zero-order chi connectivity index (χ0) is 13.1. The van der Waals surface area contributed by atoms with Gasteiger partial charge in [-0.05, 0) is 62.6 Å². The minimum Gasteiger partial charge on any atom is -0.310 e. The van der Waals surface area contributed by atoms with Crippen molar-refractivity contribution in [3.8, 4) is 0 Å². The minimum atomic E-state index is 0.738. The zero-order valence-corrected chi connectivity index (χ0v) is 12.4. The van der Waals surface area contributed by atoms with Crippen molar-refractivity contribution in [1.29, 1.82) is 0 Å². The van der Waals surface area contributed by atoms with Gasteiger partial charge in [-0.1, -0.05) is 25.8 Å². The van der Waals surface area contributed by atoms with Gasteiger partial charge in [0.2, 0.25) is 0 Å². The second kappa shape index (κ2) is 5.97. The van der Waals surface area contributed by atoms with Gasteiger partial charge in [-0.15, -0.1) is 0 Å². The van der Waals surface area contributed by atoms with Gasteiger partial charge in [-0.2, -0.15) is 0 Å². The first-order valence-corrected chi connectivity index (χ1v) is 8.38. The Morgan fingerprint density at radius 2 is 1.74 bits per heavy atom. The Morgan fingerprint density at radius 3 is 2.37 bits per heavy atom. The first-order chi connectivity index (χ1) is 9.26. The third kappa shape index (κ3) is 3.82. The van der Waals surface area contributed by atoms with Crippen LogP contribution in [0.2, 0.25) is 0 Å². The van der Waals surface area contributed by atoms with E-state index in [2.05, 4.69) is 16.8 Å². The van der Waals surface area contributed by atoms with Crippen LogP contribution in [0.4, 0.5) is 0 Å². The molecule has 0 radical (unpaired) electrons. The molecule has 3 fully saturated rings. The lowest BCUT2D eigenvalue weighted by atomic mass is 9.68. The Hall–Kier alpha value is -0.340. The predicted octanol–water partition coefficient (Wildman–Crippen LogP) is 3.34. The Bertz CT molecular complexity index is 303. The minimum absolute atomic E-state index is 0.738. The molecule has 3 aliphatic rings. The molecule has 0 amide bonds. The second-order valence-corrected chi connectivity index (χ2v) is 7.24. The van der Waals surface area contributed by atoms with Crippen LogP contribution in [0.25, 0.3) is 0 Å². The molecule has 1 aliphatic heterocycles. The maximum Gasteiger partial charge on any atom is 0.0202 e. The maximum atomic E-state index is 4.25. The first kappa shape index (κ1) is 13.6. The predicted molar refractivity (Wildman–Crippen MR) is 81.4 cm³/mol. The second-order valence-electron chi connectivity index (χ2n) is 7.24. The zero-order valence-electron chi connectivity index (χ0n) is 12.4. The summed E-state index contributed by atoms with van der Waals surface area (Å²) in [5.74, 6) is 0. The van der Waals surface area contributed by atoms with E-state index in [4.69, 9.17) is 0 Å². The van der Waals surface area contributed by atoms with Crippen LogP contribution in [0, 0.1) is 5.41 Å². The Balaban J connectivity index is 1.38. The van der Waals surface area contributed by atoms with Crippen LogP contribution in [0.1, 0.15) is 57.8 Å². The van der Waals surface area contributed by atoms with E-state index in [1.807, 2.05) is 0 Å². The van der Waals surface area contributed by atoms with E-state index >= 15 is 0 Å². The lowest BCUT2D eigenvalue weighted by Crippen LogP contribution is -2.42. The summed E-state index contributed by atoms with van der Waals surface area (Å²) in [4.78, 5) is 2.64. The molecule has 1 saturated heterocycles. The molecule has 1 spiro atoms.